The van der Waals surface area contributed by atoms with Crippen molar-refractivity contribution in [1.82, 2.24) is 4.90 Å². The monoisotopic (exact) mass is 302 g/mol. The fourth-order valence-electron chi connectivity index (χ4n) is 3.58. The van der Waals surface area contributed by atoms with Crippen LogP contribution in [-0.2, 0) is 4.74 Å². The Morgan fingerprint density at radius 1 is 1.09 bits per heavy atom. The second-order valence-corrected chi connectivity index (χ2v) is 7.60. The Hall–Kier alpha value is -1.71. The summed E-state index contributed by atoms with van der Waals surface area (Å²) in [6.45, 7) is 11.6. The molecular formula is C18H26N2O2. The number of benzene rings is 1. The molecule has 2 aliphatic heterocycles. The van der Waals surface area contributed by atoms with Crippen molar-refractivity contribution in [3.05, 3.63) is 29.8 Å². The lowest BCUT2D eigenvalue weighted by atomic mass is 10.0. The summed E-state index contributed by atoms with van der Waals surface area (Å²) in [5, 5.41) is 0. The van der Waals surface area contributed by atoms with E-state index in [1.165, 1.54) is 11.3 Å². The van der Waals surface area contributed by atoms with Crippen molar-refractivity contribution in [3.8, 4) is 0 Å². The first kappa shape index (κ1) is 15.2. The van der Waals surface area contributed by atoms with Gasteiger partial charge in [0.05, 0.1) is 0 Å². The number of likely N-dealkylation sites (tertiary alicyclic amines) is 1. The minimum absolute atomic E-state index is 0.163. The van der Waals surface area contributed by atoms with Crippen molar-refractivity contribution in [3.63, 3.8) is 0 Å². The Labute approximate surface area is 133 Å². The number of anilines is 1. The summed E-state index contributed by atoms with van der Waals surface area (Å²) in [6, 6.07) is 8.54. The van der Waals surface area contributed by atoms with Crippen molar-refractivity contribution in [1.29, 1.82) is 0 Å². The van der Waals surface area contributed by atoms with E-state index < -0.39 is 5.60 Å². The molecule has 1 amide bonds. The molecule has 4 nitrogen and oxygen atoms in total. The smallest absolute Gasteiger partial charge is 0.410 e. The summed E-state index contributed by atoms with van der Waals surface area (Å²) in [5.74, 6) is 1.12. The second-order valence-electron chi connectivity index (χ2n) is 7.60. The van der Waals surface area contributed by atoms with E-state index in [0.29, 0.717) is 11.8 Å². The molecule has 120 valence electrons. The highest BCUT2D eigenvalue weighted by Crippen LogP contribution is 2.35. The number of para-hydroxylation sites is 1. The standard InChI is InChI=1S/C18H26N2O2/c1-13-7-5-6-8-16(13)19-9-14-11-20(12-15(14)10-19)17(21)22-18(2,3)4/h5-8,14-15H,9-12H2,1-4H3. The van der Waals surface area contributed by atoms with Gasteiger partial charge in [-0.15, -0.1) is 0 Å². The van der Waals surface area contributed by atoms with Crippen LogP contribution in [0.5, 0.6) is 0 Å². The van der Waals surface area contributed by atoms with E-state index in [9.17, 15) is 4.79 Å². The summed E-state index contributed by atoms with van der Waals surface area (Å²) in [5.41, 5.74) is 2.24. The summed E-state index contributed by atoms with van der Waals surface area (Å²) in [7, 11) is 0. The van der Waals surface area contributed by atoms with Gasteiger partial charge < -0.3 is 14.5 Å². The van der Waals surface area contributed by atoms with E-state index in [2.05, 4.69) is 36.1 Å². The zero-order valence-electron chi connectivity index (χ0n) is 14.0. The number of amides is 1. The molecule has 22 heavy (non-hydrogen) atoms. The highest BCUT2D eigenvalue weighted by Gasteiger charge is 2.42. The Morgan fingerprint density at radius 2 is 1.68 bits per heavy atom. The first-order valence-corrected chi connectivity index (χ1v) is 8.12. The molecule has 2 saturated heterocycles. The maximum absolute atomic E-state index is 12.2. The van der Waals surface area contributed by atoms with Crippen LogP contribution in [0.3, 0.4) is 0 Å². The van der Waals surface area contributed by atoms with E-state index in [1.54, 1.807) is 0 Å². The average Bonchev–Trinajstić information content (AvgIpc) is 2.95. The third-order valence-electron chi connectivity index (χ3n) is 4.59. The van der Waals surface area contributed by atoms with Crippen LogP contribution in [0.2, 0.25) is 0 Å². The van der Waals surface area contributed by atoms with Gasteiger partial charge in [-0.3, -0.25) is 0 Å². The summed E-state index contributed by atoms with van der Waals surface area (Å²) in [4.78, 5) is 16.5. The third kappa shape index (κ3) is 3.06. The second kappa shape index (κ2) is 5.49. The topological polar surface area (TPSA) is 32.8 Å². The van der Waals surface area contributed by atoms with Gasteiger partial charge in [0.2, 0.25) is 0 Å². The molecule has 0 aliphatic carbocycles. The highest BCUT2D eigenvalue weighted by molar-refractivity contribution is 5.68. The van der Waals surface area contributed by atoms with Crippen LogP contribution in [0.4, 0.5) is 10.5 Å². The fraction of sp³-hybridized carbons (Fsp3) is 0.611. The van der Waals surface area contributed by atoms with Crippen LogP contribution >= 0.6 is 0 Å². The van der Waals surface area contributed by atoms with Gasteiger partial charge in [0.15, 0.2) is 0 Å². The van der Waals surface area contributed by atoms with Crippen molar-refractivity contribution < 1.29 is 9.53 Å². The maximum Gasteiger partial charge on any atom is 0.410 e. The van der Waals surface area contributed by atoms with Gasteiger partial charge in [0.1, 0.15) is 5.60 Å². The number of carbonyl (C=O) groups excluding carboxylic acids is 1. The van der Waals surface area contributed by atoms with Gasteiger partial charge in [0.25, 0.3) is 0 Å². The lowest BCUT2D eigenvalue weighted by Crippen LogP contribution is -2.37. The van der Waals surface area contributed by atoms with Crippen LogP contribution in [0.1, 0.15) is 26.3 Å². The molecule has 0 aromatic heterocycles. The number of nitrogens with zero attached hydrogens (tertiary/aromatic N) is 2. The van der Waals surface area contributed by atoms with E-state index in [1.807, 2.05) is 25.7 Å². The predicted octanol–water partition coefficient (Wildman–Crippen LogP) is 3.30. The van der Waals surface area contributed by atoms with Gasteiger partial charge in [-0.05, 0) is 39.3 Å². The number of fused-ring (bicyclic) bond motifs is 1. The lowest BCUT2D eigenvalue weighted by molar-refractivity contribution is 0.0282. The minimum atomic E-state index is -0.415. The lowest BCUT2D eigenvalue weighted by Gasteiger charge is -2.27. The number of ether oxygens (including phenoxy) is 1. The molecule has 2 atom stereocenters. The number of carbonyl (C=O) groups is 1. The Kier molecular flexibility index (Phi) is 3.79. The third-order valence-corrected chi connectivity index (χ3v) is 4.59. The molecule has 0 radical (unpaired) electrons. The van der Waals surface area contributed by atoms with E-state index >= 15 is 0 Å². The van der Waals surface area contributed by atoms with Crippen molar-refractivity contribution >= 4 is 11.8 Å². The number of aryl methyl sites for hydroxylation is 1. The van der Waals surface area contributed by atoms with Crippen molar-refractivity contribution in [2.75, 3.05) is 31.1 Å². The number of hydrogen-bond acceptors (Lipinski definition) is 3. The average molecular weight is 302 g/mol. The largest absolute Gasteiger partial charge is 0.444 e. The van der Waals surface area contributed by atoms with E-state index in [0.717, 1.165) is 26.2 Å². The fourth-order valence-corrected chi connectivity index (χ4v) is 3.58. The van der Waals surface area contributed by atoms with Gasteiger partial charge >= 0.3 is 6.09 Å². The molecule has 0 spiro atoms. The van der Waals surface area contributed by atoms with Crippen LogP contribution in [0.25, 0.3) is 0 Å². The van der Waals surface area contributed by atoms with Gasteiger partial charge in [-0.2, -0.15) is 0 Å². The molecule has 0 N–H and O–H groups in total. The summed E-state index contributed by atoms with van der Waals surface area (Å²) in [6.07, 6.45) is -0.163. The minimum Gasteiger partial charge on any atom is -0.444 e. The Morgan fingerprint density at radius 3 is 2.23 bits per heavy atom. The highest BCUT2D eigenvalue weighted by atomic mass is 16.6. The zero-order chi connectivity index (χ0) is 15.9. The summed E-state index contributed by atoms with van der Waals surface area (Å²) >= 11 is 0. The Bertz CT molecular complexity index is 550. The zero-order valence-corrected chi connectivity index (χ0v) is 14.0. The molecule has 1 aromatic rings. The molecule has 2 fully saturated rings. The quantitative estimate of drug-likeness (QED) is 0.798. The first-order valence-electron chi connectivity index (χ1n) is 8.12. The van der Waals surface area contributed by atoms with Gasteiger partial charge in [-0.1, -0.05) is 18.2 Å². The molecular weight excluding hydrogens is 276 g/mol. The van der Waals surface area contributed by atoms with Gasteiger partial charge in [-0.25, -0.2) is 4.79 Å². The molecule has 0 bridgehead atoms. The molecule has 3 rings (SSSR count). The van der Waals surface area contributed by atoms with Crippen LogP contribution in [0, 0.1) is 18.8 Å². The van der Waals surface area contributed by atoms with E-state index in [-0.39, 0.29) is 6.09 Å². The normalized spacial score (nSPS) is 24.5. The molecule has 2 heterocycles. The van der Waals surface area contributed by atoms with Crippen LogP contribution < -0.4 is 4.90 Å². The maximum atomic E-state index is 12.2. The number of hydrogen-bond donors (Lipinski definition) is 0. The van der Waals surface area contributed by atoms with Crippen LogP contribution in [-0.4, -0.2) is 42.8 Å². The van der Waals surface area contributed by atoms with Crippen molar-refractivity contribution in [2.24, 2.45) is 11.8 Å². The first-order chi connectivity index (χ1) is 10.3. The summed E-state index contributed by atoms with van der Waals surface area (Å²) < 4.78 is 5.49. The molecule has 2 aliphatic rings. The number of rotatable bonds is 1. The molecule has 2 unspecified atom stereocenters. The molecule has 1 aromatic carbocycles. The Balaban J connectivity index is 1.61. The van der Waals surface area contributed by atoms with E-state index in [4.69, 9.17) is 4.74 Å². The van der Waals surface area contributed by atoms with Crippen molar-refractivity contribution in [2.45, 2.75) is 33.3 Å². The van der Waals surface area contributed by atoms with Gasteiger partial charge in [0, 0.05) is 43.7 Å². The predicted molar refractivity (Wildman–Crippen MR) is 88.2 cm³/mol. The SMILES string of the molecule is Cc1ccccc1N1CC2CN(C(=O)OC(C)(C)C)CC2C1. The molecule has 0 saturated carbocycles. The van der Waals surface area contributed by atoms with Crippen LogP contribution in [0.15, 0.2) is 24.3 Å². The molecule has 4 heteroatoms.